The molecule has 0 bridgehead atoms. The molecule has 41 heavy (non-hydrogen) atoms. The Labute approximate surface area is 235 Å². The second kappa shape index (κ2) is 10.7. The van der Waals surface area contributed by atoms with Crippen LogP contribution in [0.1, 0.15) is 22.6 Å². The summed E-state index contributed by atoms with van der Waals surface area (Å²) in [5, 5.41) is 40.9. The van der Waals surface area contributed by atoms with Gasteiger partial charge >= 0.3 is 5.97 Å². The summed E-state index contributed by atoms with van der Waals surface area (Å²) in [6, 6.07) is 5.37. The van der Waals surface area contributed by atoms with Gasteiger partial charge in [-0.1, -0.05) is 0 Å². The van der Waals surface area contributed by atoms with Crippen LogP contribution in [-0.4, -0.2) is 98.4 Å². The first kappa shape index (κ1) is 27.7. The molecule has 0 radical (unpaired) electrons. The van der Waals surface area contributed by atoms with E-state index in [1.54, 1.807) is 18.2 Å². The van der Waals surface area contributed by atoms with Crippen molar-refractivity contribution >= 4 is 5.97 Å². The van der Waals surface area contributed by atoms with Crippen molar-refractivity contribution in [2.45, 2.75) is 43.0 Å². The van der Waals surface area contributed by atoms with Gasteiger partial charge in [0.2, 0.25) is 24.6 Å². The third-order valence-corrected chi connectivity index (χ3v) is 8.27. The second-order valence-electron chi connectivity index (χ2n) is 10.4. The fourth-order valence-electron chi connectivity index (χ4n) is 6.26. The molecule has 0 saturated carbocycles. The molecule has 0 amide bonds. The van der Waals surface area contributed by atoms with Crippen molar-refractivity contribution in [1.29, 1.82) is 0 Å². The fourth-order valence-corrected chi connectivity index (χ4v) is 6.26. The van der Waals surface area contributed by atoms with Crippen molar-refractivity contribution in [3.05, 3.63) is 34.9 Å². The van der Waals surface area contributed by atoms with Crippen molar-refractivity contribution in [2.75, 3.05) is 41.3 Å². The molecule has 5 unspecified atom stereocenters. The first-order valence-electron chi connectivity index (χ1n) is 13.2. The quantitative estimate of drug-likeness (QED) is 0.327. The molecule has 1 aliphatic carbocycles. The van der Waals surface area contributed by atoms with Crippen LogP contribution in [0.25, 0.3) is 0 Å². The zero-order valence-corrected chi connectivity index (χ0v) is 22.6. The van der Waals surface area contributed by atoms with Crippen LogP contribution in [0.2, 0.25) is 0 Å². The average molecular weight is 577 g/mol. The molecule has 8 atom stereocenters. The van der Waals surface area contributed by atoms with Gasteiger partial charge in [0.1, 0.15) is 24.4 Å². The van der Waals surface area contributed by atoms with Gasteiger partial charge in [-0.25, -0.2) is 0 Å². The van der Waals surface area contributed by atoms with Crippen molar-refractivity contribution in [2.24, 2.45) is 11.8 Å². The van der Waals surface area contributed by atoms with E-state index < -0.39 is 49.1 Å². The number of cyclic esters (lactones) is 1. The Morgan fingerprint density at radius 3 is 2.29 bits per heavy atom. The lowest BCUT2D eigenvalue weighted by atomic mass is 9.67. The number of fused-ring (bicyclic) bond motifs is 3. The Balaban J connectivity index is 1.51. The molecule has 2 saturated heterocycles. The van der Waals surface area contributed by atoms with Crippen LogP contribution >= 0.6 is 0 Å². The van der Waals surface area contributed by atoms with Crippen molar-refractivity contribution in [3.8, 4) is 34.5 Å². The molecular weight excluding hydrogens is 544 g/mol. The number of esters is 1. The predicted octanol–water partition coefficient (Wildman–Crippen LogP) is 0.0970. The topological polar surface area (TPSA) is 172 Å². The Morgan fingerprint density at radius 2 is 1.63 bits per heavy atom. The number of hydrogen-bond donors (Lipinski definition) is 4. The van der Waals surface area contributed by atoms with E-state index in [1.807, 2.05) is 0 Å². The normalized spacial score (nSPS) is 31.6. The standard InChI is InChI=1S/C28H32O13/c1-34-15-5-11(6-16(35-2)25(15)36-3)19-13-7-17-26(39-10-38-17)24(14(13)4-12-9-37-27(33)20(12)19)41-28-23(32)22(31)21(30)18(8-29)40-28/h5-7,12,18-23,28-32H,4,8-10H2,1-3H3/t12-,18?,19+,20-,21?,22?,23?,28?/m0/s1. The van der Waals surface area contributed by atoms with Gasteiger partial charge in [0, 0.05) is 17.4 Å². The van der Waals surface area contributed by atoms with Crippen molar-refractivity contribution in [3.63, 3.8) is 0 Å². The molecule has 13 nitrogen and oxygen atoms in total. The molecule has 6 rings (SSSR count). The minimum atomic E-state index is -1.64. The van der Waals surface area contributed by atoms with Crippen LogP contribution in [0.5, 0.6) is 34.5 Å². The Hall–Kier alpha value is -3.49. The number of methoxy groups -OCH3 is 3. The minimum absolute atomic E-state index is 0.0903. The van der Waals surface area contributed by atoms with E-state index in [0.29, 0.717) is 46.1 Å². The predicted molar refractivity (Wildman–Crippen MR) is 137 cm³/mol. The van der Waals surface area contributed by atoms with Gasteiger partial charge in [0.25, 0.3) is 0 Å². The van der Waals surface area contributed by atoms with Crippen LogP contribution in [0, 0.1) is 11.8 Å². The maximum atomic E-state index is 13.1. The van der Waals surface area contributed by atoms with E-state index in [0.717, 1.165) is 0 Å². The number of hydrogen-bond acceptors (Lipinski definition) is 13. The van der Waals surface area contributed by atoms with E-state index in [1.165, 1.54) is 21.3 Å². The summed E-state index contributed by atoms with van der Waals surface area (Å²) >= 11 is 0. The fraction of sp³-hybridized carbons (Fsp3) is 0.536. The zero-order chi connectivity index (χ0) is 29.0. The van der Waals surface area contributed by atoms with E-state index in [-0.39, 0.29) is 36.8 Å². The lowest BCUT2D eigenvalue weighted by molar-refractivity contribution is -0.277. The molecule has 0 aromatic heterocycles. The highest BCUT2D eigenvalue weighted by Crippen LogP contribution is 2.56. The third-order valence-electron chi connectivity index (χ3n) is 8.27. The Kier molecular flexibility index (Phi) is 7.24. The summed E-state index contributed by atoms with van der Waals surface area (Å²) in [6.45, 7) is -0.507. The summed E-state index contributed by atoms with van der Waals surface area (Å²) in [7, 11) is 4.52. The molecule has 3 heterocycles. The van der Waals surface area contributed by atoms with E-state index >= 15 is 0 Å². The van der Waals surface area contributed by atoms with Gasteiger partial charge in [0.15, 0.2) is 23.0 Å². The lowest BCUT2D eigenvalue weighted by Crippen LogP contribution is -2.60. The molecule has 4 aliphatic rings. The number of rotatable bonds is 7. The first-order valence-corrected chi connectivity index (χ1v) is 13.2. The van der Waals surface area contributed by atoms with Gasteiger partial charge in [-0.05, 0) is 35.7 Å². The molecule has 2 aromatic carbocycles. The number of aliphatic hydroxyl groups excluding tert-OH is 4. The van der Waals surface area contributed by atoms with Gasteiger partial charge in [0.05, 0.1) is 40.5 Å². The van der Waals surface area contributed by atoms with E-state index in [9.17, 15) is 25.2 Å². The summed E-state index contributed by atoms with van der Waals surface area (Å²) in [5.74, 6) is 0.409. The highest BCUT2D eigenvalue weighted by atomic mass is 16.7. The Bertz CT molecular complexity index is 1300. The number of aliphatic hydroxyl groups is 4. The lowest BCUT2D eigenvalue weighted by Gasteiger charge is -2.40. The number of ether oxygens (including phenoxy) is 8. The maximum absolute atomic E-state index is 13.1. The average Bonchev–Trinajstić information content (AvgIpc) is 3.61. The van der Waals surface area contributed by atoms with Crippen LogP contribution < -0.4 is 28.4 Å². The van der Waals surface area contributed by atoms with Crippen molar-refractivity contribution in [1.82, 2.24) is 0 Å². The monoisotopic (exact) mass is 576 g/mol. The molecule has 2 aromatic rings. The zero-order valence-electron chi connectivity index (χ0n) is 22.6. The van der Waals surface area contributed by atoms with Crippen LogP contribution in [0.15, 0.2) is 18.2 Å². The SMILES string of the molecule is COc1cc([C@@H]2c3cc4c(c(OC5OC(CO)C(O)C(O)C5O)c3C[C@H]3COC(=O)[C@@H]32)OCO4)cc(OC)c1OC. The van der Waals surface area contributed by atoms with Crippen LogP contribution in [-0.2, 0) is 20.7 Å². The molecule has 13 heteroatoms. The highest BCUT2D eigenvalue weighted by Gasteiger charge is 2.51. The number of benzene rings is 2. The summed E-state index contributed by atoms with van der Waals surface area (Å²) in [4.78, 5) is 13.1. The Morgan fingerprint density at radius 1 is 0.902 bits per heavy atom. The third kappa shape index (κ3) is 4.39. The van der Waals surface area contributed by atoms with E-state index in [4.69, 9.17) is 37.9 Å². The second-order valence-corrected chi connectivity index (χ2v) is 10.4. The van der Waals surface area contributed by atoms with Crippen LogP contribution in [0.3, 0.4) is 0 Å². The minimum Gasteiger partial charge on any atom is -0.493 e. The van der Waals surface area contributed by atoms with Gasteiger partial charge in [-0.3, -0.25) is 4.79 Å². The summed E-state index contributed by atoms with van der Waals surface area (Å²) in [5.41, 5.74) is 2.07. The molecular formula is C28H32O13. The first-order chi connectivity index (χ1) is 19.8. The highest BCUT2D eigenvalue weighted by molar-refractivity contribution is 5.79. The largest absolute Gasteiger partial charge is 0.493 e. The summed E-state index contributed by atoms with van der Waals surface area (Å²) < 4.78 is 45.5. The molecule has 222 valence electrons. The van der Waals surface area contributed by atoms with Crippen LogP contribution in [0.4, 0.5) is 0 Å². The van der Waals surface area contributed by atoms with E-state index in [2.05, 4.69) is 0 Å². The summed E-state index contributed by atoms with van der Waals surface area (Å²) in [6.07, 6.45) is -7.06. The maximum Gasteiger partial charge on any atom is 0.310 e. The van der Waals surface area contributed by atoms with Gasteiger partial charge in [-0.15, -0.1) is 0 Å². The molecule has 0 spiro atoms. The number of carbonyl (C=O) groups excluding carboxylic acids is 1. The van der Waals surface area contributed by atoms with Gasteiger partial charge < -0.3 is 58.3 Å². The molecule has 3 aliphatic heterocycles. The smallest absolute Gasteiger partial charge is 0.310 e. The molecule has 2 fully saturated rings. The molecule has 4 N–H and O–H groups in total. The van der Waals surface area contributed by atoms with Gasteiger partial charge in [-0.2, -0.15) is 0 Å². The van der Waals surface area contributed by atoms with Crippen molar-refractivity contribution < 1.29 is 63.1 Å². The number of carbonyl (C=O) groups is 1.